The molecular weight excluding hydrogens is 224 g/mol. The first-order valence-electron chi connectivity index (χ1n) is 5.19. The van der Waals surface area contributed by atoms with Crippen LogP contribution in [0.2, 0.25) is 0 Å². The van der Waals surface area contributed by atoms with Gasteiger partial charge in [-0.05, 0) is 12.5 Å². The molecule has 0 fully saturated rings. The number of benzene rings is 1. The minimum atomic E-state index is -0.498. The Labute approximate surface area is 98.4 Å². The largest absolute Gasteiger partial charge is 0.395 e. The van der Waals surface area contributed by atoms with Crippen LogP contribution in [0.15, 0.2) is 24.3 Å². The Hall–Kier alpha value is -1.95. The van der Waals surface area contributed by atoms with E-state index in [1.807, 2.05) is 0 Å². The van der Waals surface area contributed by atoms with E-state index >= 15 is 0 Å². The van der Waals surface area contributed by atoms with Crippen molar-refractivity contribution in [3.63, 3.8) is 0 Å². The first-order valence-corrected chi connectivity index (χ1v) is 5.19. The lowest BCUT2D eigenvalue weighted by molar-refractivity contribution is -0.384. The molecule has 1 rings (SSSR count). The molecule has 17 heavy (non-hydrogen) atoms. The number of rotatable bonds is 5. The monoisotopic (exact) mass is 238 g/mol. The summed E-state index contributed by atoms with van der Waals surface area (Å²) >= 11 is 0. The second-order valence-electron chi connectivity index (χ2n) is 3.59. The maximum absolute atomic E-state index is 11.6. The van der Waals surface area contributed by atoms with Gasteiger partial charge in [-0.3, -0.25) is 14.9 Å². The number of nitro benzene ring substituents is 1. The van der Waals surface area contributed by atoms with Crippen molar-refractivity contribution in [2.45, 2.75) is 12.8 Å². The zero-order valence-corrected chi connectivity index (χ0v) is 9.42. The molecule has 0 bridgehead atoms. The van der Waals surface area contributed by atoms with Gasteiger partial charge in [0, 0.05) is 18.7 Å². The minimum absolute atomic E-state index is 0.0377. The van der Waals surface area contributed by atoms with Crippen molar-refractivity contribution in [3.8, 4) is 0 Å². The second kappa shape index (κ2) is 5.95. The molecule has 0 saturated heterocycles. The van der Waals surface area contributed by atoms with Gasteiger partial charge in [-0.15, -0.1) is 0 Å². The molecule has 0 heterocycles. The summed E-state index contributed by atoms with van der Waals surface area (Å²) in [6.07, 6.45) is 0. The predicted octanol–water partition coefficient (Wildman–Crippen LogP) is 0.807. The van der Waals surface area contributed by atoms with Gasteiger partial charge < -0.3 is 10.4 Å². The minimum Gasteiger partial charge on any atom is -0.395 e. The van der Waals surface area contributed by atoms with E-state index in [-0.39, 0.29) is 24.7 Å². The molecule has 0 aliphatic carbocycles. The van der Waals surface area contributed by atoms with Crippen LogP contribution in [0, 0.1) is 10.1 Å². The number of non-ortho nitro benzene ring substituents is 1. The van der Waals surface area contributed by atoms with Gasteiger partial charge in [-0.2, -0.15) is 0 Å². The molecule has 0 radical (unpaired) electrons. The summed E-state index contributed by atoms with van der Waals surface area (Å²) in [5.41, 5.74) is 0.541. The number of nitro groups is 1. The van der Waals surface area contributed by atoms with Gasteiger partial charge in [0.05, 0.1) is 17.4 Å². The first-order chi connectivity index (χ1) is 8.06. The normalized spacial score (nSPS) is 11.9. The Morgan fingerprint density at radius 1 is 1.59 bits per heavy atom. The predicted molar refractivity (Wildman–Crippen MR) is 61.6 cm³/mol. The lowest BCUT2D eigenvalue weighted by Crippen LogP contribution is -2.30. The SMILES string of the molecule is CC(C(=O)NCCO)c1cccc([N+](=O)[O-])c1. The standard InChI is InChI=1S/C11H14N2O4/c1-8(11(15)12-5-6-14)9-3-2-4-10(7-9)13(16)17/h2-4,7-8,14H,5-6H2,1H3,(H,12,15). The number of amides is 1. The molecule has 0 spiro atoms. The third-order valence-corrected chi connectivity index (χ3v) is 2.39. The van der Waals surface area contributed by atoms with E-state index in [2.05, 4.69) is 5.32 Å². The summed E-state index contributed by atoms with van der Waals surface area (Å²) in [6.45, 7) is 1.71. The highest BCUT2D eigenvalue weighted by atomic mass is 16.6. The molecular formula is C11H14N2O4. The average molecular weight is 238 g/mol. The fourth-order valence-corrected chi connectivity index (χ4v) is 1.39. The van der Waals surface area contributed by atoms with Crippen LogP contribution in [0.4, 0.5) is 5.69 Å². The van der Waals surface area contributed by atoms with Crippen LogP contribution in [-0.4, -0.2) is 29.1 Å². The van der Waals surface area contributed by atoms with Crippen LogP contribution in [0.25, 0.3) is 0 Å². The average Bonchev–Trinajstić information content (AvgIpc) is 2.35. The maximum atomic E-state index is 11.6. The van der Waals surface area contributed by atoms with E-state index in [0.29, 0.717) is 5.56 Å². The third-order valence-electron chi connectivity index (χ3n) is 2.39. The Morgan fingerprint density at radius 2 is 2.29 bits per heavy atom. The Bertz CT molecular complexity index is 420. The van der Waals surface area contributed by atoms with Crippen LogP contribution in [0.3, 0.4) is 0 Å². The van der Waals surface area contributed by atoms with Gasteiger partial charge in [0.25, 0.3) is 5.69 Å². The van der Waals surface area contributed by atoms with E-state index < -0.39 is 10.8 Å². The molecule has 1 amide bonds. The quantitative estimate of drug-likeness (QED) is 0.586. The number of nitrogens with one attached hydrogen (secondary N) is 1. The van der Waals surface area contributed by atoms with E-state index in [0.717, 1.165) is 0 Å². The smallest absolute Gasteiger partial charge is 0.269 e. The zero-order valence-electron chi connectivity index (χ0n) is 9.42. The molecule has 6 nitrogen and oxygen atoms in total. The highest BCUT2D eigenvalue weighted by Crippen LogP contribution is 2.20. The van der Waals surface area contributed by atoms with Crippen LogP contribution in [0.1, 0.15) is 18.4 Å². The van der Waals surface area contributed by atoms with Gasteiger partial charge in [-0.1, -0.05) is 12.1 Å². The number of carbonyl (C=O) groups excluding carboxylic acids is 1. The molecule has 6 heteroatoms. The molecule has 1 unspecified atom stereocenters. The van der Waals surface area contributed by atoms with Crippen molar-refractivity contribution < 1.29 is 14.8 Å². The van der Waals surface area contributed by atoms with Crippen LogP contribution < -0.4 is 5.32 Å². The van der Waals surface area contributed by atoms with Gasteiger partial charge >= 0.3 is 0 Å². The van der Waals surface area contributed by atoms with Crippen LogP contribution in [0.5, 0.6) is 0 Å². The molecule has 0 aromatic heterocycles. The molecule has 1 aromatic rings. The van der Waals surface area contributed by atoms with E-state index in [9.17, 15) is 14.9 Å². The van der Waals surface area contributed by atoms with Crippen molar-refractivity contribution in [2.75, 3.05) is 13.2 Å². The van der Waals surface area contributed by atoms with E-state index in [1.54, 1.807) is 19.1 Å². The lowest BCUT2D eigenvalue weighted by Gasteiger charge is -2.11. The highest BCUT2D eigenvalue weighted by Gasteiger charge is 2.17. The first kappa shape index (κ1) is 13.1. The number of aliphatic hydroxyl groups is 1. The summed E-state index contributed by atoms with van der Waals surface area (Å²) in [7, 11) is 0. The maximum Gasteiger partial charge on any atom is 0.269 e. The van der Waals surface area contributed by atoms with Crippen molar-refractivity contribution in [2.24, 2.45) is 0 Å². The fourth-order valence-electron chi connectivity index (χ4n) is 1.39. The van der Waals surface area contributed by atoms with Crippen molar-refractivity contribution in [1.82, 2.24) is 5.32 Å². The van der Waals surface area contributed by atoms with Gasteiger partial charge in [-0.25, -0.2) is 0 Å². The molecule has 2 N–H and O–H groups in total. The van der Waals surface area contributed by atoms with E-state index in [1.165, 1.54) is 12.1 Å². The highest BCUT2D eigenvalue weighted by molar-refractivity contribution is 5.83. The summed E-state index contributed by atoms with van der Waals surface area (Å²) < 4.78 is 0. The molecule has 1 atom stereocenters. The number of aliphatic hydroxyl groups excluding tert-OH is 1. The Kier molecular flexibility index (Phi) is 4.59. The van der Waals surface area contributed by atoms with Crippen molar-refractivity contribution in [3.05, 3.63) is 39.9 Å². The number of hydrogen-bond donors (Lipinski definition) is 2. The molecule has 0 saturated carbocycles. The molecule has 0 aliphatic rings. The molecule has 1 aromatic carbocycles. The van der Waals surface area contributed by atoms with Gasteiger partial charge in [0.15, 0.2) is 0 Å². The second-order valence-corrected chi connectivity index (χ2v) is 3.59. The summed E-state index contributed by atoms with van der Waals surface area (Å²) in [5, 5.41) is 21.7. The summed E-state index contributed by atoms with van der Waals surface area (Å²) in [6, 6.07) is 5.96. The number of carbonyl (C=O) groups is 1. The van der Waals surface area contributed by atoms with Crippen molar-refractivity contribution >= 4 is 11.6 Å². The fraction of sp³-hybridized carbons (Fsp3) is 0.364. The Morgan fingerprint density at radius 3 is 2.88 bits per heavy atom. The molecule has 92 valence electrons. The van der Waals surface area contributed by atoms with E-state index in [4.69, 9.17) is 5.11 Å². The number of nitrogens with zero attached hydrogens (tertiary/aromatic N) is 1. The zero-order chi connectivity index (χ0) is 12.8. The van der Waals surface area contributed by atoms with Gasteiger partial charge in [0.2, 0.25) is 5.91 Å². The van der Waals surface area contributed by atoms with Crippen LogP contribution in [-0.2, 0) is 4.79 Å². The number of hydrogen-bond acceptors (Lipinski definition) is 4. The summed E-state index contributed by atoms with van der Waals surface area (Å²) in [4.78, 5) is 21.7. The topological polar surface area (TPSA) is 92.5 Å². The Balaban J connectivity index is 2.81. The van der Waals surface area contributed by atoms with Gasteiger partial charge in [0.1, 0.15) is 0 Å². The third kappa shape index (κ3) is 3.53. The summed E-state index contributed by atoms with van der Waals surface area (Å²) in [5.74, 6) is -0.749. The molecule has 0 aliphatic heterocycles. The lowest BCUT2D eigenvalue weighted by atomic mass is 10.00. The van der Waals surface area contributed by atoms with Crippen molar-refractivity contribution in [1.29, 1.82) is 0 Å². The van der Waals surface area contributed by atoms with Crippen LogP contribution >= 0.6 is 0 Å².